The van der Waals surface area contributed by atoms with Crippen molar-refractivity contribution < 1.29 is 59.7 Å². The molecule has 12 heteroatoms. The number of rotatable bonds is 10. The van der Waals surface area contributed by atoms with Crippen molar-refractivity contribution in [3.8, 4) is 23.0 Å². The normalized spacial score (nSPS) is 21.7. The number of allylic oxidation sites excluding steroid dienone is 4. The molecule has 3 atom stereocenters. The Labute approximate surface area is 269 Å². The minimum atomic E-state index is -2.96. The number of esters is 1. The van der Waals surface area contributed by atoms with E-state index >= 15 is 0 Å². The second kappa shape index (κ2) is 13.1. The Hall–Kier alpha value is -5.46. The molecule has 2 aromatic carbocycles. The number of hydrogen-bond donors (Lipinski definition) is 7. The molecule has 4 rings (SSSR count). The third kappa shape index (κ3) is 6.46. The molecule has 0 aromatic heterocycles. The van der Waals surface area contributed by atoms with E-state index in [0.717, 1.165) is 49.3 Å². The molecule has 7 N–H and O–H groups in total. The maximum absolute atomic E-state index is 13.4. The summed E-state index contributed by atoms with van der Waals surface area (Å²) >= 11 is 0. The van der Waals surface area contributed by atoms with Crippen LogP contribution in [0.4, 0.5) is 0 Å². The third-order valence-electron chi connectivity index (χ3n) is 8.06. The Morgan fingerprint density at radius 3 is 2.15 bits per heavy atom. The highest BCUT2D eigenvalue weighted by atomic mass is 16.6. The SMILES string of the molecule is CC[C@@H](C)/C=C(C)/C=C/C(=O)CC1=C(c2cc(O)c(O)cc2C2=C(O)/C(=C/c3ccc(O)c(O)c3)OC2=O)[C@@](O)(C(C)=O)[C@@H](O)C1=O. The van der Waals surface area contributed by atoms with Gasteiger partial charge in [-0.2, -0.15) is 0 Å². The van der Waals surface area contributed by atoms with Crippen molar-refractivity contribution in [1.82, 2.24) is 0 Å². The Bertz CT molecular complexity index is 1860. The van der Waals surface area contributed by atoms with Crippen molar-refractivity contribution in [3.05, 3.63) is 87.9 Å². The molecular weight excluding hydrogens is 612 g/mol. The van der Waals surface area contributed by atoms with E-state index in [9.17, 15) is 54.9 Å². The number of Topliss-reactive ketones (excluding diaryl/α,β-unsaturated/α-hetero) is 2. The van der Waals surface area contributed by atoms with E-state index in [1.54, 1.807) is 6.92 Å². The Morgan fingerprint density at radius 2 is 1.55 bits per heavy atom. The van der Waals surface area contributed by atoms with Gasteiger partial charge in [-0.05, 0) is 67.3 Å². The molecule has 0 saturated heterocycles. The van der Waals surface area contributed by atoms with Crippen molar-refractivity contribution in [1.29, 1.82) is 0 Å². The van der Waals surface area contributed by atoms with Crippen LogP contribution in [-0.4, -0.2) is 70.8 Å². The van der Waals surface area contributed by atoms with Crippen molar-refractivity contribution in [2.24, 2.45) is 5.92 Å². The third-order valence-corrected chi connectivity index (χ3v) is 8.06. The average Bonchev–Trinajstić information content (AvgIpc) is 3.39. The molecule has 0 unspecified atom stereocenters. The summed E-state index contributed by atoms with van der Waals surface area (Å²) in [6.45, 7) is 6.66. The summed E-state index contributed by atoms with van der Waals surface area (Å²) in [5.74, 6) is -7.68. The minimum absolute atomic E-state index is 0.186. The van der Waals surface area contributed by atoms with Crippen LogP contribution >= 0.6 is 0 Å². The lowest BCUT2D eigenvalue weighted by molar-refractivity contribution is -0.145. The van der Waals surface area contributed by atoms with Gasteiger partial charge in [0.05, 0.1) is 0 Å². The first kappa shape index (κ1) is 34.4. The van der Waals surface area contributed by atoms with Gasteiger partial charge in [0.1, 0.15) is 5.57 Å². The van der Waals surface area contributed by atoms with Crippen molar-refractivity contribution >= 4 is 40.5 Å². The van der Waals surface area contributed by atoms with Gasteiger partial charge >= 0.3 is 5.97 Å². The van der Waals surface area contributed by atoms with Gasteiger partial charge in [-0.1, -0.05) is 44.1 Å². The van der Waals surface area contributed by atoms with E-state index < -0.39 is 104 Å². The lowest BCUT2D eigenvalue weighted by atomic mass is 9.81. The molecule has 246 valence electrons. The van der Waals surface area contributed by atoms with Gasteiger partial charge in [0.25, 0.3) is 0 Å². The van der Waals surface area contributed by atoms with Gasteiger partial charge in [-0.3, -0.25) is 14.4 Å². The molecule has 0 fully saturated rings. The zero-order valence-electron chi connectivity index (χ0n) is 25.9. The van der Waals surface area contributed by atoms with E-state index in [0.29, 0.717) is 0 Å². The molecule has 12 nitrogen and oxygen atoms in total. The quantitative estimate of drug-likeness (QED) is 0.0846. The fraction of sp³-hybridized carbons (Fsp3) is 0.257. The van der Waals surface area contributed by atoms with E-state index in [1.807, 2.05) is 19.9 Å². The van der Waals surface area contributed by atoms with E-state index in [2.05, 4.69) is 0 Å². The highest BCUT2D eigenvalue weighted by Crippen LogP contribution is 2.48. The van der Waals surface area contributed by atoms with Crippen LogP contribution in [0.1, 0.15) is 57.2 Å². The number of phenols is 4. The summed E-state index contributed by atoms with van der Waals surface area (Å²) in [6.07, 6.45) is 3.59. The number of aromatic hydroxyl groups is 4. The van der Waals surface area contributed by atoms with Crippen LogP contribution in [-0.2, 0) is 23.9 Å². The van der Waals surface area contributed by atoms with Gasteiger partial charge in [0.15, 0.2) is 63.6 Å². The van der Waals surface area contributed by atoms with Gasteiger partial charge in [0.2, 0.25) is 0 Å². The second-order valence-corrected chi connectivity index (χ2v) is 11.5. The number of hydrogen-bond acceptors (Lipinski definition) is 12. The first-order chi connectivity index (χ1) is 22.0. The predicted octanol–water partition coefficient (Wildman–Crippen LogP) is 3.90. The van der Waals surface area contributed by atoms with Crippen LogP contribution in [0.2, 0.25) is 0 Å². The molecule has 0 amide bonds. The minimum Gasteiger partial charge on any atom is -0.504 e. The molecule has 1 heterocycles. The van der Waals surface area contributed by atoms with Crippen molar-refractivity contribution in [3.63, 3.8) is 0 Å². The number of phenolic OH excluding ortho intramolecular Hbond substituents is 4. The first-order valence-corrected chi connectivity index (χ1v) is 14.6. The number of carbonyl (C=O) groups is 4. The summed E-state index contributed by atoms with van der Waals surface area (Å²) in [5.41, 5.74) is -4.62. The molecule has 1 aliphatic carbocycles. The van der Waals surface area contributed by atoms with E-state index in [-0.39, 0.29) is 11.5 Å². The second-order valence-electron chi connectivity index (χ2n) is 11.5. The lowest BCUT2D eigenvalue weighted by Gasteiger charge is -2.28. The number of ketones is 3. The monoisotopic (exact) mass is 646 g/mol. The number of benzene rings is 2. The Kier molecular flexibility index (Phi) is 9.60. The predicted molar refractivity (Wildman–Crippen MR) is 169 cm³/mol. The number of carbonyl (C=O) groups excluding carboxylic acids is 4. The maximum atomic E-state index is 13.4. The number of aliphatic hydroxyl groups is 3. The first-order valence-electron chi connectivity index (χ1n) is 14.6. The summed E-state index contributed by atoms with van der Waals surface area (Å²) < 4.78 is 5.20. The zero-order chi connectivity index (χ0) is 35.0. The summed E-state index contributed by atoms with van der Waals surface area (Å²) in [6, 6.07) is 5.22. The molecule has 2 aromatic rings. The molecule has 47 heavy (non-hydrogen) atoms. The fourth-order valence-electron chi connectivity index (χ4n) is 5.36. The van der Waals surface area contributed by atoms with Crippen LogP contribution < -0.4 is 0 Å². The Morgan fingerprint density at radius 1 is 0.936 bits per heavy atom. The van der Waals surface area contributed by atoms with Gasteiger partial charge < -0.3 is 40.5 Å². The lowest BCUT2D eigenvalue weighted by Crippen LogP contribution is -2.48. The van der Waals surface area contributed by atoms with Crippen LogP contribution in [0.5, 0.6) is 23.0 Å². The highest BCUT2D eigenvalue weighted by Gasteiger charge is 2.56. The standard InChI is InChI=1S/C35H34O12/c1-5-16(2)10-17(3)6-8-20(37)13-23-30(35(46,18(4)36)33(44)31(23)42)22-15-27(41)26(40)14-21(22)29-32(43)28(47-34(29)45)12-19-7-9-24(38)25(39)11-19/h6-12,14-16,33,38-41,43-44,46H,5,13H2,1-4H3/b8-6+,17-10+,28-12-/t16-,33+,35+/m1/s1. The summed E-state index contributed by atoms with van der Waals surface area (Å²) in [5, 5.41) is 73.9. The van der Waals surface area contributed by atoms with Crippen LogP contribution in [0.3, 0.4) is 0 Å². The summed E-state index contributed by atoms with van der Waals surface area (Å²) in [4.78, 5) is 52.5. The number of ether oxygens (including phenoxy) is 1. The smallest absolute Gasteiger partial charge is 0.348 e. The van der Waals surface area contributed by atoms with Crippen LogP contribution in [0.25, 0.3) is 17.2 Å². The van der Waals surface area contributed by atoms with E-state index in [4.69, 9.17) is 4.74 Å². The van der Waals surface area contributed by atoms with Crippen molar-refractivity contribution in [2.75, 3.05) is 0 Å². The van der Waals surface area contributed by atoms with Crippen molar-refractivity contribution in [2.45, 2.75) is 52.2 Å². The molecule has 0 saturated carbocycles. The summed E-state index contributed by atoms with van der Waals surface area (Å²) in [7, 11) is 0. The zero-order valence-corrected chi connectivity index (χ0v) is 25.9. The topological polar surface area (TPSA) is 219 Å². The Balaban J connectivity index is 1.94. The molecule has 2 aliphatic rings. The van der Waals surface area contributed by atoms with Crippen LogP contribution in [0, 0.1) is 5.92 Å². The van der Waals surface area contributed by atoms with Crippen LogP contribution in [0.15, 0.2) is 71.2 Å². The van der Waals surface area contributed by atoms with E-state index in [1.165, 1.54) is 18.2 Å². The van der Waals surface area contributed by atoms with Gasteiger partial charge in [-0.25, -0.2) is 4.79 Å². The van der Waals surface area contributed by atoms with Gasteiger partial charge in [0, 0.05) is 23.1 Å². The largest absolute Gasteiger partial charge is 0.504 e. The molecule has 0 bridgehead atoms. The average molecular weight is 647 g/mol. The maximum Gasteiger partial charge on any atom is 0.348 e. The number of cyclic esters (lactones) is 1. The molecule has 0 radical (unpaired) electrons. The molecular formula is C35H34O12. The molecule has 1 aliphatic heterocycles. The highest BCUT2D eigenvalue weighted by molar-refractivity contribution is 6.26. The fourth-order valence-corrected chi connectivity index (χ4v) is 5.36. The van der Waals surface area contributed by atoms with Gasteiger partial charge in [-0.15, -0.1) is 0 Å². The number of aliphatic hydroxyl groups excluding tert-OH is 2. The molecule has 0 spiro atoms.